The van der Waals surface area contributed by atoms with Gasteiger partial charge in [0.25, 0.3) is 0 Å². The van der Waals surface area contributed by atoms with Crippen LogP contribution in [0, 0.1) is 11.8 Å². The number of benzene rings is 1. The van der Waals surface area contributed by atoms with Crippen molar-refractivity contribution in [1.82, 2.24) is 19.8 Å². The Kier molecular flexibility index (Phi) is 6.23. The van der Waals surface area contributed by atoms with Crippen molar-refractivity contribution in [2.24, 2.45) is 18.9 Å². The van der Waals surface area contributed by atoms with E-state index in [1.54, 1.807) is 0 Å². The number of hydrogen-bond donors (Lipinski definition) is 2. The van der Waals surface area contributed by atoms with E-state index in [1.807, 2.05) is 52.3 Å². The van der Waals surface area contributed by atoms with Gasteiger partial charge in [-0.3, -0.25) is 4.79 Å². The molecule has 5 atom stereocenters. The van der Waals surface area contributed by atoms with Crippen LogP contribution in [0.1, 0.15) is 76.3 Å². The summed E-state index contributed by atoms with van der Waals surface area (Å²) in [7, 11) is 2.02. The second-order valence-corrected chi connectivity index (χ2v) is 11.2. The normalized spacial score (nSPS) is 28.0. The molecule has 2 aromatic rings. The molecule has 3 aliphatic rings. The van der Waals surface area contributed by atoms with Gasteiger partial charge in [0.15, 0.2) is 0 Å². The fourth-order valence-corrected chi connectivity index (χ4v) is 6.18. The predicted molar refractivity (Wildman–Crippen MR) is 134 cm³/mol. The zero-order valence-electron chi connectivity index (χ0n) is 21.2. The van der Waals surface area contributed by atoms with E-state index >= 15 is 0 Å². The molecule has 0 spiro atoms. The van der Waals surface area contributed by atoms with Crippen molar-refractivity contribution in [2.45, 2.75) is 76.6 Å². The summed E-state index contributed by atoms with van der Waals surface area (Å²) >= 11 is 0. The molecule has 1 aromatic heterocycles. The van der Waals surface area contributed by atoms with Crippen molar-refractivity contribution in [1.29, 1.82) is 0 Å². The van der Waals surface area contributed by atoms with Crippen LogP contribution in [0.5, 0.6) is 0 Å². The van der Waals surface area contributed by atoms with Crippen molar-refractivity contribution in [3.63, 3.8) is 0 Å². The highest BCUT2D eigenvalue weighted by atomic mass is 16.6. The van der Waals surface area contributed by atoms with Crippen LogP contribution in [0.25, 0.3) is 0 Å². The number of nitrogens with one attached hydrogen (secondary N) is 2. The van der Waals surface area contributed by atoms with Crippen molar-refractivity contribution >= 4 is 17.7 Å². The fourth-order valence-electron chi connectivity index (χ4n) is 6.18. The van der Waals surface area contributed by atoms with E-state index in [9.17, 15) is 9.59 Å². The number of fused-ring (bicyclic) bond motifs is 3. The monoisotopic (exact) mass is 479 g/mol. The van der Waals surface area contributed by atoms with Crippen LogP contribution in [-0.2, 0) is 16.6 Å². The highest BCUT2D eigenvalue weighted by Crippen LogP contribution is 2.51. The molecule has 8 nitrogen and oxygen atoms in total. The number of aryl methyl sites for hydroxylation is 1. The summed E-state index contributed by atoms with van der Waals surface area (Å²) in [6.45, 7) is 6.27. The Morgan fingerprint density at radius 2 is 1.91 bits per heavy atom. The van der Waals surface area contributed by atoms with Gasteiger partial charge in [-0.2, -0.15) is 0 Å². The molecule has 1 aliphatic carbocycles. The summed E-state index contributed by atoms with van der Waals surface area (Å²) in [4.78, 5) is 33.4. The number of carbonyl (C=O) groups is 2. The average molecular weight is 480 g/mol. The number of rotatable bonds is 3. The van der Waals surface area contributed by atoms with Crippen molar-refractivity contribution < 1.29 is 14.3 Å². The Bertz CT molecular complexity index is 1090. The van der Waals surface area contributed by atoms with Gasteiger partial charge in [-0.1, -0.05) is 31.0 Å². The molecule has 0 unspecified atom stereocenters. The molecule has 2 aliphatic heterocycles. The Labute approximate surface area is 207 Å². The molecule has 1 aromatic carbocycles. The van der Waals surface area contributed by atoms with Crippen LogP contribution in [0.2, 0.25) is 0 Å². The molecule has 0 radical (unpaired) electrons. The highest BCUT2D eigenvalue weighted by molar-refractivity contribution is 5.82. The largest absolute Gasteiger partial charge is 0.444 e. The van der Waals surface area contributed by atoms with Crippen LogP contribution in [0.4, 0.5) is 10.5 Å². The number of imidazole rings is 1. The van der Waals surface area contributed by atoms with Gasteiger partial charge in [0, 0.05) is 43.6 Å². The maximum absolute atomic E-state index is 14.1. The molecule has 5 rings (SSSR count). The number of amides is 2. The van der Waals surface area contributed by atoms with Gasteiger partial charge < -0.3 is 24.8 Å². The summed E-state index contributed by atoms with van der Waals surface area (Å²) in [5.41, 5.74) is 1.66. The van der Waals surface area contributed by atoms with Crippen molar-refractivity contribution in [3.8, 4) is 0 Å². The molecule has 3 heterocycles. The van der Waals surface area contributed by atoms with Crippen LogP contribution < -0.4 is 10.6 Å². The predicted octanol–water partition coefficient (Wildman–Crippen LogP) is 4.56. The second kappa shape index (κ2) is 9.21. The Morgan fingerprint density at radius 1 is 1.14 bits per heavy atom. The zero-order valence-corrected chi connectivity index (χ0v) is 21.2. The molecule has 2 amide bonds. The molecular weight excluding hydrogens is 442 g/mol. The van der Waals surface area contributed by atoms with E-state index in [-0.39, 0.29) is 35.9 Å². The van der Waals surface area contributed by atoms with E-state index in [1.165, 1.54) is 5.56 Å². The maximum Gasteiger partial charge on any atom is 0.407 e. The smallest absolute Gasteiger partial charge is 0.407 e. The van der Waals surface area contributed by atoms with Crippen molar-refractivity contribution in [3.05, 3.63) is 48.0 Å². The number of hydrogen-bond acceptors (Lipinski definition) is 5. The number of para-hydroxylation sites is 1. The van der Waals surface area contributed by atoms with E-state index in [0.29, 0.717) is 6.54 Å². The first-order chi connectivity index (χ1) is 16.7. The van der Waals surface area contributed by atoms with Gasteiger partial charge >= 0.3 is 6.09 Å². The Hall–Kier alpha value is -3.03. The van der Waals surface area contributed by atoms with Gasteiger partial charge in [0.05, 0.1) is 18.0 Å². The van der Waals surface area contributed by atoms with Gasteiger partial charge in [0.1, 0.15) is 11.4 Å². The average Bonchev–Trinajstić information content (AvgIpc) is 3.44. The van der Waals surface area contributed by atoms with Crippen LogP contribution >= 0.6 is 0 Å². The first-order valence-corrected chi connectivity index (χ1v) is 12.9. The Morgan fingerprint density at radius 3 is 2.66 bits per heavy atom. The third-order valence-corrected chi connectivity index (χ3v) is 7.67. The molecule has 1 saturated carbocycles. The fraction of sp³-hybridized carbons (Fsp3) is 0.593. The summed E-state index contributed by atoms with van der Waals surface area (Å²) in [6, 6.07) is 8.14. The van der Waals surface area contributed by atoms with E-state index in [4.69, 9.17) is 4.74 Å². The summed E-state index contributed by atoms with van der Waals surface area (Å²) in [5.74, 6) is 1.14. The lowest BCUT2D eigenvalue weighted by Gasteiger charge is -2.41. The molecule has 2 N–H and O–H groups in total. The molecule has 2 fully saturated rings. The molecule has 0 bridgehead atoms. The minimum absolute atomic E-state index is 0.00856. The first-order valence-electron chi connectivity index (χ1n) is 12.9. The minimum atomic E-state index is -0.570. The van der Waals surface area contributed by atoms with Gasteiger partial charge in [-0.05, 0) is 51.7 Å². The lowest BCUT2D eigenvalue weighted by Crippen LogP contribution is -2.51. The molecule has 1 saturated heterocycles. The third-order valence-electron chi connectivity index (χ3n) is 7.67. The summed E-state index contributed by atoms with van der Waals surface area (Å²) < 4.78 is 7.57. The number of carbonyl (C=O) groups excluding carboxylic acids is 2. The van der Waals surface area contributed by atoms with Crippen LogP contribution in [-0.4, -0.2) is 44.6 Å². The lowest BCUT2D eigenvalue weighted by atomic mass is 9.80. The van der Waals surface area contributed by atoms with Crippen molar-refractivity contribution in [2.75, 3.05) is 11.9 Å². The topological polar surface area (TPSA) is 88.5 Å². The zero-order chi connectivity index (χ0) is 24.7. The summed E-state index contributed by atoms with van der Waals surface area (Å²) in [5, 5.41) is 6.74. The maximum atomic E-state index is 14.1. The lowest BCUT2D eigenvalue weighted by molar-refractivity contribution is -0.139. The number of nitrogens with zero attached hydrogens (tertiary/aromatic N) is 3. The van der Waals surface area contributed by atoms with E-state index in [0.717, 1.165) is 43.6 Å². The van der Waals surface area contributed by atoms with Gasteiger partial charge in [-0.15, -0.1) is 0 Å². The Balaban J connectivity index is 1.41. The minimum Gasteiger partial charge on any atom is -0.444 e. The molecule has 8 heteroatoms. The number of anilines is 1. The third kappa shape index (κ3) is 4.62. The number of alkyl carbamates (subject to hydrolysis) is 1. The molecule has 188 valence electrons. The van der Waals surface area contributed by atoms with Gasteiger partial charge in [0.2, 0.25) is 5.91 Å². The van der Waals surface area contributed by atoms with E-state index in [2.05, 4.69) is 37.2 Å². The first kappa shape index (κ1) is 23.7. The van der Waals surface area contributed by atoms with E-state index < -0.39 is 11.7 Å². The quantitative estimate of drug-likeness (QED) is 0.674. The number of aromatic nitrogens is 2. The second-order valence-electron chi connectivity index (χ2n) is 11.2. The summed E-state index contributed by atoms with van der Waals surface area (Å²) in [6.07, 6.45) is 7.86. The number of ether oxygens (including phenoxy) is 1. The molecule has 35 heavy (non-hydrogen) atoms. The molecular formula is C27H37N5O3. The SMILES string of the molecule is Cn1ccnc1[C@@H]1Nc2ccccc2[C@H]2[C@@H]1CCN2C(=O)[C@H]1CCCC[C@H]1NC(=O)OC(C)(C)C. The highest BCUT2D eigenvalue weighted by Gasteiger charge is 2.49. The standard InChI is InChI=1S/C27H37N5O3/c1-27(2,3)35-26(34)30-21-12-8-6-10-18(21)25(33)32-15-13-19-22(24-28-14-16-31(24)4)29-20-11-7-5-9-17(20)23(19)32/h5,7,9,11,14,16,18-19,21-23,29H,6,8,10,12-13,15H2,1-4H3,(H,30,34)/t18-,19+,21+,22+,23-/m0/s1. The van der Waals surface area contributed by atoms with Crippen LogP contribution in [0.3, 0.4) is 0 Å². The number of likely N-dealkylation sites (tertiary alicyclic amines) is 1. The van der Waals surface area contributed by atoms with Crippen LogP contribution in [0.15, 0.2) is 36.7 Å². The van der Waals surface area contributed by atoms with Gasteiger partial charge in [-0.25, -0.2) is 9.78 Å².